The molecule has 60 valence electrons. The van der Waals surface area contributed by atoms with Gasteiger partial charge in [-0.1, -0.05) is 12.7 Å². The molecule has 11 heavy (non-hydrogen) atoms. The minimum absolute atomic E-state index is 0.0162. The van der Waals surface area contributed by atoms with Gasteiger partial charge in [-0.05, 0) is 13.0 Å². The number of hydrogen-bond donors (Lipinski definition) is 0. The van der Waals surface area contributed by atoms with E-state index in [2.05, 4.69) is 11.3 Å². The van der Waals surface area contributed by atoms with Gasteiger partial charge in [0.25, 0.3) is 0 Å². The molecule has 0 fully saturated rings. The molecule has 0 aromatic heterocycles. The first kappa shape index (κ1) is 9.62. The molecule has 0 radical (unpaired) electrons. The van der Waals surface area contributed by atoms with Crippen molar-refractivity contribution in [3.05, 3.63) is 24.3 Å². The Morgan fingerprint density at radius 3 is 2.27 bits per heavy atom. The lowest BCUT2D eigenvalue weighted by Crippen LogP contribution is -2.11. The van der Waals surface area contributed by atoms with Crippen LogP contribution in [-0.4, -0.2) is 18.9 Å². The maximum Gasteiger partial charge on any atom is 0.341 e. The Balaban J connectivity index is 4.61. The van der Waals surface area contributed by atoms with Gasteiger partial charge >= 0.3 is 5.97 Å². The van der Waals surface area contributed by atoms with Gasteiger partial charge in [-0.25, -0.2) is 4.79 Å². The molecule has 0 aliphatic carbocycles. The van der Waals surface area contributed by atoms with E-state index in [1.807, 2.05) is 0 Å². The Bertz CT molecular complexity index is 213. The first-order valence-corrected chi connectivity index (χ1v) is 3.05. The zero-order valence-electron chi connectivity index (χ0n) is 6.59. The summed E-state index contributed by atoms with van der Waals surface area (Å²) in [4.78, 5) is 21.5. The van der Waals surface area contributed by atoms with Crippen LogP contribution < -0.4 is 0 Å². The van der Waals surface area contributed by atoms with Crippen molar-refractivity contribution in [1.29, 1.82) is 0 Å². The summed E-state index contributed by atoms with van der Waals surface area (Å²) in [7, 11) is 1.22. The second-order valence-corrected chi connectivity index (χ2v) is 1.86. The molecule has 0 amide bonds. The zero-order chi connectivity index (χ0) is 8.85. The molecule has 0 heterocycles. The molecule has 0 aliphatic heterocycles. The lowest BCUT2D eigenvalue weighted by molar-refractivity contribution is -0.137. The van der Waals surface area contributed by atoms with E-state index in [9.17, 15) is 9.59 Å². The summed E-state index contributed by atoms with van der Waals surface area (Å²) < 4.78 is 4.35. The van der Waals surface area contributed by atoms with E-state index in [-0.39, 0.29) is 11.4 Å². The second-order valence-electron chi connectivity index (χ2n) is 1.86. The smallest absolute Gasteiger partial charge is 0.341 e. The summed E-state index contributed by atoms with van der Waals surface area (Å²) in [6.45, 7) is 4.66. The molecule has 3 heteroatoms. The standard InChI is InChI=1S/C8H10O3/c1-4-5-7(6(2)9)8(10)11-3/h4-5H,1H2,2-3H3. The van der Waals surface area contributed by atoms with E-state index < -0.39 is 5.97 Å². The molecule has 0 saturated carbocycles. The van der Waals surface area contributed by atoms with Gasteiger partial charge < -0.3 is 4.74 Å². The molecule has 0 aromatic rings. The maximum absolute atomic E-state index is 10.8. The van der Waals surface area contributed by atoms with Crippen molar-refractivity contribution in [1.82, 2.24) is 0 Å². The van der Waals surface area contributed by atoms with Crippen LogP contribution in [0.5, 0.6) is 0 Å². The minimum Gasteiger partial charge on any atom is -0.465 e. The fourth-order valence-electron chi connectivity index (χ4n) is 0.557. The van der Waals surface area contributed by atoms with Crippen LogP contribution in [0.25, 0.3) is 0 Å². The number of ketones is 1. The summed E-state index contributed by atoms with van der Waals surface area (Å²) >= 11 is 0. The molecular formula is C8H10O3. The molecule has 0 saturated heterocycles. The van der Waals surface area contributed by atoms with Gasteiger partial charge in [0, 0.05) is 0 Å². The fourth-order valence-corrected chi connectivity index (χ4v) is 0.557. The number of ether oxygens (including phenoxy) is 1. The lowest BCUT2D eigenvalue weighted by Gasteiger charge is -1.97. The van der Waals surface area contributed by atoms with Crippen LogP contribution in [0.4, 0.5) is 0 Å². The first-order chi connectivity index (χ1) is 5.13. The summed E-state index contributed by atoms with van der Waals surface area (Å²) in [5.41, 5.74) is 0.0162. The Labute approximate surface area is 65.4 Å². The largest absolute Gasteiger partial charge is 0.465 e. The second kappa shape index (κ2) is 4.44. The van der Waals surface area contributed by atoms with Crippen molar-refractivity contribution < 1.29 is 14.3 Å². The van der Waals surface area contributed by atoms with E-state index in [1.54, 1.807) is 0 Å². The van der Waals surface area contributed by atoms with Crippen LogP contribution in [0.1, 0.15) is 6.92 Å². The Morgan fingerprint density at radius 1 is 1.45 bits per heavy atom. The van der Waals surface area contributed by atoms with Crippen molar-refractivity contribution >= 4 is 11.8 Å². The van der Waals surface area contributed by atoms with E-state index in [1.165, 1.54) is 26.2 Å². The van der Waals surface area contributed by atoms with Crippen molar-refractivity contribution in [2.24, 2.45) is 0 Å². The number of carbonyl (C=O) groups is 2. The van der Waals surface area contributed by atoms with Gasteiger partial charge in [-0.2, -0.15) is 0 Å². The first-order valence-electron chi connectivity index (χ1n) is 3.05. The minimum atomic E-state index is -0.627. The summed E-state index contributed by atoms with van der Waals surface area (Å²) in [6, 6.07) is 0. The number of allylic oxidation sites excluding steroid dienone is 2. The van der Waals surface area contributed by atoms with Gasteiger partial charge in [-0.3, -0.25) is 4.79 Å². The molecule has 0 atom stereocenters. The molecule has 0 bridgehead atoms. The molecule has 0 spiro atoms. The molecule has 0 aliphatic rings. The quantitative estimate of drug-likeness (QED) is 0.199. The molecule has 0 rings (SSSR count). The van der Waals surface area contributed by atoms with Crippen LogP contribution in [0, 0.1) is 0 Å². The topological polar surface area (TPSA) is 43.4 Å². The van der Waals surface area contributed by atoms with Crippen LogP contribution in [0.2, 0.25) is 0 Å². The Kier molecular flexibility index (Phi) is 3.88. The van der Waals surface area contributed by atoms with Crippen LogP contribution >= 0.6 is 0 Å². The number of rotatable bonds is 3. The average Bonchev–Trinajstić information content (AvgIpc) is 1.98. The molecule has 0 aromatic carbocycles. The van der Waals surface area contributed by atoms with Crippen molar-refractivity contribution in [2.75, 3.05) is 7.11 Å². The number of esters is 1. The average molecular weight is 154 g/mol. The van der Waals surface area contributed by atoms with Gasteiger partial charge in [0.05, 0.1) is 7.11 Å². The molecule has 3 nitrogen and oxygen atoms in total. The van der Waals surface area contributed by atoms with Crippen LogP contribution in [0.15, 0.2) is 24.3 Å². The number of methoxy groups -OCH3 is 1. The predicted molar refractivity (Wildman–Crippen MR) is 41.0 cm³/mol. The normalized spacial score (nSPS) is 10.5. The van der Waals surface area contributed by atoms with Crippen LogP contribution in [0.3, 0.4) is 0 Å². The Hall–Kier alpha value is -1.38. The third-order valence-electron chi connectivity index (χ3n) is 1.07. The maximum atomic E-state index is 10.8. The highest BCUT2D eigenvalue weighted by atomic mass is 16.5. The SMILES string of the molecule is C=CC=C(C(C)=O)C(=O)OC. The highest BCUT2D eigenvalue weighted by molar-refractivity contribution is 6.16. The van der Waals surface area contributed by atoms with Crippen molar-refractivity contribution in [2.45, 2.75) is 6.92 Å². The Morgan fingerprint density at radius 2 is 2.00 bits per heavy atom. The van der Waals surface area contributed by atoms with E-state index >= 15 is 0 Å². The van der Waals surface area contributed by atoms with Crippen molar-refractivity contribution in [3.63, 3.8) is 0 Å². The highest BCUT2D eigenvalue weighted by Gasteiger charge is 2.12. The summed E-state index contributed by atoms with van der Waals surface area (Å²) in [6.07, 6.45) is 2.70. The molecular weight excluding hydrogens is 144 g/mol. The van der Waals surface area contributed by atoms with Crippen LogP contribution in [-0.2, 0) is 14.3 Å². The zero-order valence-corrected chi connectivity index (χ0v) is 6.59. The van der Waals surface area contributed by atoms with E-state index in [0.717, 1.165) is 0 Å². The van der Waals surface area contributed by atoms with Gasteiger partial charge in [0.1, 0.15) is 5.57 Å². The van der Waals surface area contributed by atoms with Gasteiger partial charge in [0.15, 0.2) is 5.78 Å². The predicted octanol–water partition coefficient (Wildman–Crippen LogP) is 0.861. The van der Waals surface area contributed by atoms with E-state index in [4.69, 9.17) is 0 Å². The number of Topliss-reactive ketones (excluding diaryl/α,β-unsaturated/α-hetero) is 1. The molecule has 0 N–H and O–H groups in total. The lowest BCUT2D eigenvalue weighted by atomic mass is 10.2. The van der Waals surface area contributed by atoms with Crippen molar-refractivity contribution in [3.8, 4) is 0 Å². The summed E-state index contributed by atoms with van der Waals surface area (Å²) in [5, 5.41) is 0. The van der Waals surface area contributed by atoms with Gasteiger partial charge in [0.2, 0.25) is 0 Å². The van der Waals surface area contributed by atoms with E-state index in [0.29, 0.717) is 0 Å². The number of carbonyl (C=O) groups excluding carboxylic acids is 2. The monoisotopic (exact) mass is 154 g/mol. The molecule has 0 unspecified atom stereocenters. The fraction of sp³-hybridized carbons (Fsp3) is 0.250. The summed E-state index contributed by atoms with van der Waals surface area (Å²) in [5.74, 6) is -0.950. The third kappa shape index (κ3) is 2.80. The van der Waals surface area contributed by atoms with Gasteiger partial charge in [-0.15, -0.1) is 0 Å². The number of hydrogen-bond acceptors (Lipinski definition) is 3. The third-order valence-corrected chi connectivity index (χ3v) is 1.07. The highest BCUT2D eigenvalue weighted by Crippen LogP contribution is 1.98.